The Labute approximate surface area is 86.3 Å². The predicted octanol–water partition coefficient (Wildman–Crippen LogP) is 1.93. The molecule has 0 amide bonds. The van der Waals surface area contributed by atoms with Crippen LogP contribution >= 0.6 is 0 Å². The van der Waals surface area contributed by atoms with Crippen LogP contribution in [0.3, 0.4) is 0 Å². The first kappa shape index (κ1) is 11.3. The molecule has 0 aromatic heterocycles. The third-order valence-corrected chi connectivity index (χ3v) is 3.15. The Bertz CT molecular complexity index is 427. The second-order valence-electron chi connectivity index (χ2n) is 4.50. The SMILES string of the molecule is C=S(N)(=O)c1cccc(C(C)(C)C)c1. The van der Waals surface area contributed by atoms with Gasteiger partial charge in [0.1, 0.15) is 0 Å². The van der Waals surface area contributed by atoms with Gasteiger partial charge in [-0.2, -0.15) is 0 Å². The molecule has 0 heterocycles. The molecule has 14 heavy (non-hydrogen) atoms. The lowest BCUT2D eigenvalue weighted by Crippen LogP contribution is -2.15. The van der Waals surface area contributed by atoms with Gasteiger partial charge in [0, 0.05) is 4.90 Å². The van der Waals surface area contributed by atoms with E-state index in [4.69, 9.17) is 5.14 Å². The summed E-state index contributed by atoms with van der Waals surface area (Å²) in [6.07, 6.45) is 0. The predicted molar refractivity (Wildman–Crippen MR) is 62.9 cm³/mol. The van der Waals surface area contributed by atoms with Gasteiger partial charge in [-0.05, 0) is 29.0 Å². The summed E-state index contributed by atoms with van der Waals surface area (Å²) in [6.45, 7) is 6.31. The van der Waals surface area contributed by atoms with Crippen molar-refractivity contribution in [3.63, 3.8) is 0 Å². The third-order valence-electron chi connectivity index (χ3n) is 2.10. The van der Waals surface area contributed by atoms with Crippen molar-refractivity contribution < 1.29 is 4.21 Å². The molecular weight excluding hydrogens is 194 g/mol. The van der Waals surface area contributed by atoms with E-state index in [1.807, 2.05) is 18.2 Å². The van der Waals surface area contributed by atoms with Gasteiger partial charge in [0.05, 0.1) is 9.71 Å². The van der Waals surface area contributed by atoms with E-state index in [0.29, 0.717) is 4.90 Å². The van der Waals surface area contributed by atoms with E-state index in [2.05, 4.69) is 26.6 Å². The van der Waals surface area contributed by atoms with E-state index in [0.717, 1.165) is 5.56 Å². The van der Waals surface area contributed by atoms with E-state index in [9.17, 15) is 4.21 Å². The highest BCUT2D eigenvalue weighted by atomic mass is 32.2. The Morgan fingerprint density at radius 1 is 1.36 bits per heavy atom. The molecule has 2 nitrogen and oxygen atoms in total. The first-order chi connectivity index (χ1) is 6.21. The molecule has 1 unspecified atom stereocenters. The molecule has 1 aromatic rings. The zero-order valence-electron chi connectivity index (χ0n) is 8.91. The summed E-state index contributed by atoms with van der Waals surface area (Å²) in [4.78, 5) is 0.616. The van der Waals surface area contributed by atoms with Gasteiger partial charge in [0.25, 0.3) is 0 Å². The zero-order valence-corrected chi connectivity index (χ0v) is 9.73. The number of nitrogens with two attached hydrogens (primary N) is 1. The second kappa shape index (κ2) is 3.41. The molecule has 1 rings (SSSR count). The largest absolute Gasteiger partial charge is 0.256 e. The minimum Gasteiger partial charge on any atom is -0.256 e. The van der Waals surface area contributed by atoms with Crippen LogP contribution in [0.1, 0.15) is 26.3 Å². The van der Waals surface area contributed by atoms with E-state index in [-0.39, 0.29) is 5.41 Å². The van der Waals surface area contributed by atoms with Crippen LogP contribution in [-0.4, -0.2) is 10.1 Å². The highest BCUT2D eigenvalue weighted by Gasteiger charge is 2.14. The molecule has 0 bridgehead atoms. The summed E-state index contributed by atoms with van der Waals surface area (Å²) in [5.41, 5.74) is 1.16. The molecule has 0 saturated heterocycles. The maximum absolute atomic E-state index is 11.5. The minimum absolute atomic E-state index is 0.0424. The monoisotopic (exact) mass is 211 g/mol. The van der Waals surface area contributed by atoms with Gasteiger partial charge in [-0.25, -0.2) is 4.21 Å². The Balaban J connectivity index is 3.29. The Kier molecular flexibility index (Phi) is 2.74. The van der Waals surface area contributed by atoms with Crippen LogP contribution in [0.2, 0.25) is 0 Å². The standard InChI is InChI=1S/C11H17NOS/c1-11(2,3)9-6-5-7-10(8-9)14(4,12)13/h5-8H,4H2,1-3H3,(H2,12,13). The quantitative estimate of drug-likeness (QED) is 0.709. The van der Waals surface area contributed by atoms with E-state index in [1.54, 1.807) is 6.07 Å². The number of hydrogen-bond acceptors (Lipinski definition) is 1. The Hall–Kier alpha value is -0.800. The van der Waals surface area contributed by atoms with Crippen molar-refractivity contribution in [2.24, 2.45) is 5.14 Å². The maximum atomic E-state index is 11.5. The lowest BCUT2D eigenvalue weighted by atomic mass is 9.87. The summed E-state index contributed by atoms with van der Waals surface area (Å²) < 4.78 is 11.5. The summed E-state index contributed by atoms with van der Waals surface area (Å²) in [5, 5.41) is 5.49. The van der Waals surface area contributed by atoms with Crippen molar-refractivity contribution in [3.8, 4) is 0 Å². The maximum Gasteiger partial charge on any atom is 0.0507 e. The normalized spacial score (nSPS) is 16.3. The van der Waals surface area contributed by atoms with Gasteiger partial charge in [-0.15, -0.1) is 0 Å². The van der Waals surface area contributed by atoms with Gasteiger partial charge >= 0.3 is 0 Å². The molecular formula is C11H17NOS. The summed E-state index contributed by atoms with van der Waals surface area (Å²) >= 11 is 0. The zero-order chi connectivity index (χ0) is 11.0. The van der Waals surface area contributed by atoms with E-state index in [1.165, 1.54) is 0 Å². The summed E-state index contributed by atoms with van der Waals surface area (Å²) in [6, 6.07) is 7.50. The van der Waals surface area contributed by atoms with Gasteiger partial charge in [-0.1, -0.05) is 32.9 Å². The van der Waals surface area contributed by atoms with Gasteiger partial charge < -0.3 is 0 Å². The summed E-state index contributed by atoms with van der Waals surface area (Å²) in [5.74, 6) is 3.47. The first-order valence-electron chi connectivity index (χ1n) is 4.47. The number of benzene rings is 1. The Morgan fingerprint density at radius 3 is 2.36 bits per heavy atom. The minimum atomic E-state index is -2.59. The van der Waals surface area contributed by atoms with Crippen molar-refractivity contribution >= 4 is 15.6 Å². The van der Waals surface area contributed by atoms with Crippen LogP contribution < -0.4 is 5.14 Å². The van der Waals surface area contributed by atoms with Crippen molar-refractivity contribution in [2.75, 3.05) is 0 Å². The first-order valence-corrected chi connectivity index (χ1v) is 6.26. The second-order valence-corrected chi connectivity index (χ2v) is 6.43. The Morgan fingerprint density at radius 2 is 1.93 bits per heavy atom. The lowest BCUT2D eigenvalue weighted by Gasteiger charge is -2.19. The fourth-order valence-corrected chi connectivity index (χ4v) is 1.81. The average molecular weight is 211 g/mol. The molecule has 0 saturated carbocycles. The van der Waals surface area contributed by atoms with Crippen LogP contribution in [0.15, 0.2) is 29.2 Å². The van der Waals surface area contributed by atoms with E-state index < -0.39 is 9.71 Å². The topological polar surface area (TPSA) is 43.1 Å². The molecule has 0 fully saturated rings. The molecule has 2 N–H and O–H groups in total. The van der Waals surface area contributed by atoms with Crippen molar-refractivity contribution in [1.82, 2.24) is 0 Å². The summed E-state index contributed by atoms with van der Waals surface area (Å²) in [7, 11) is -2.59. The van der Waals surface area contributed by atoms with Gasteiger partial charge in [-0.3, -0.25) is 5.14 Å². The molecule has 1 atom stereocenters. The fraction of sp³-hybridized carbons (Fsp3) is 0.364. The van der Waals surface area contributed by atoms with E-state index >= 15 is 0 Å². The highest BCUT2D eigenvalue weighted by molar-refractivity contribution is 7.98. The van der Waals surface area contributed by atoms with Crippen LogP contribution in [0.4, 0.5) is 0 Å². The van der Waals surface area contributed by atoms with Gasteiger partial charge in [0.2, 0.25) is 0 Å². The highest BCUT2D eigenvalue weighted by Crippen LogP contribution is 2.23. The van der Waals surface area contributed by atoms with Crippen LogP contribution in [0.25, 0.3) is 0 Å². The van der Waals surface area contributed by atoms with Crippen molar-refractivity contribution in [3.05, 3.63) is 29.8 Å². The molecule has 78 valence electrons. The number of hydrogen-bond donors (Lipinski definition) is 1. The van der Waals surface area contributed by atoms with Crippen LogP contribution in [0.5, 0.6) is 0 Å². The van der Waals surface area contributed by atoms with Crippen LogP contribution in [0, 0.1) is 0 Å². The molecule has 0 spiro atoms. The molecule has 3 heteroatoms. The molecule has 0 aliphatic heterocycles. The van der Waals surface area contributed by atoms with Crippen molar-refractivity contribution in [2.45, 2.75) is 31.1 Å². The lowest BCUT2D eigenvalue weighted by molar-refractivity contribution is 0.588. The third kappa shape index (κ3) is 2.59. The van der Waals surface area contributed by atoms with Crippen molar-refractivity contribution in [1.29, 1.82) is 0 Å². The molecule has 0 aliphatic carbocycles. The molecule has 0 radical (unpaired) electrons. The smallest absolute Gasteiger partial charge is 0.0507 e. The molecule has 1 aromatic carbocycles. The number of rotatable bonds is 1. The van der Waals surface area contributed by atoms with Gasteiger partial charge in [0.15, 0.2) is 0 Å². The fourth-order valence-electron chi connectivity index (χ4n) is 1.18. The average Bonchev–Trinajstić information content (AvgIpc) is 2.01. The van der Waals surface area contributed by atoms with Crippen LogP contribution in [-0.2, 0) is 15.1 Å². The molecule has 0 aliphatic rings.